The van der Waals surface area contributed by atoms with E-state index < -0.39 is 38.2 Å². The van der Waals surface area contributed by atoms with Crippen LogP contribution in [0.25, 0.3) is 0 Å². The summed E-state index contributed by atoms with van der Waals surface area (Å²) in [7, 11) is -4.69. The van der Waals surface area contributed by atoms with E-state index in [0.29, 0.717) is 0 Å². The summed E-state index contributed by atoms with van der Waals surface area (Å²) in [6.07, 6.45) is 0. The van der Waals surface area contributed by atoms with Gasteiger partial charge in [-0.25, -0.2) is 30.7 Å². The summed E-state index contributed by atoms with van der Waals surface area (Å²) < 4.78 is 76.2. The summed E-state index contributed by atoms with van der Waals surface area (Å²) in [5.74, 6) is -7.55. The van der Waals surface area contributed by atoms with Gasteiger partial charge in [-0.2, -0.15) is 0 Å². The van der Waals surface area contributed by atoms with Crippen molar-refractivity contribution in [2.75, 3.05) is 13.1 Å². The van der Waals surface area contributed by atoms with Crippen molar-refractivity contribution in [1.29, 1.82) is 0 Å². The zero-order valence-corrected chi connectivity index (χ0v) is 10.3. The van der Waals surface area contributed by atoms with Gasteiger partial charge in [-0.15, -0.1) is 12.4 Å². The van der Waals surface area contributed by atoms with Gasteiger partial charge in [0.2, 0.25) is 10.0 Å². The Kier molecular flexibility index (Phi) is 6.00. The predicted molar refractivity (Wildman–Crippen MR) is 57.8 cm³/mol. The van der Waals surface area contributed by atoms with Crippen molar-refractivity contribution < 1.29 is 26.0 Å². The van der Waals surface area contributed by atoms with E-state index >= 15 is 0 Å². The number of halogens is 5. The maximum absolute atomic E-state index is 13.1. The fourth-order valence-electron chi connectivity index (χ4n) is 1.05. The molecule has 4 nitrogen and oxygen atoms in total. The number of sulfonamides is 1. The molecule has 0 amide bonds. The van der Waals surface area contributed by atoms with E-state index in [1.807, 2.05) is 0 Å². The first kappa shape index (κ1) is 17.1. The Labute approximate surface area is 107 Å². The Bertz CT molecular complexity index is 512. The molecule has 0 saturated carbocycles. The van der Waals surface area contributed by atoms with E-state index in [0.717, 1.165) is 0 Å². The van der Waals surface area contributed by atoms with E-state index in [1.165, 1.54) is 0 Å². The van der Waals surface area contributed by atoms with E-state index in [9.17, 15) is 26.0 Å². The van der Waals surface area contributed by atoms with Crippen LogP contribution in [0, 0.1) is 23.3 Å². The summed E-state index contributed by atoms with van der Waals surface area (Å²) in [5.41, 5.74) is 4.99. The molecule has 0 aliphatic rings. The molecule has 1 aromatic carbocycles. The zero-order chi connectivity index (χ0) is 13.2. The van der Waals surface area contributed by atoms with Crippen LogP contribution in [0.3, 0.4) is 0 Å². The third-order valence-electron chi connectivity index (χ3n) is 1.78. The highest BCUT2D eigenvalue weighted by Gasteiger charge is 2.29. The third kappa shape index (κ3) is 3.31. The summed E-state index contributed by atoms with van der Waals surface area (Å²) in [4.78, 5) is -1.69. The highest BCUT2D eigenvalue weighted by molar-refractivity contribution is 7.89. The monoisotopic (exact) mass is 308 g/mol. The minimum atomic E-state index is -4.69. The summed E-state index contributed by atoms with van der Waals surface area (Å²) in [5, 5.41) is 0. The standard InChI is InChI=1S/C8H8F4N2O2S.ClH/c9-4-3-5(10)7(12)8(6(4)11)17(15,16)14-2-1-13;/h3,14H,1-2,13H2;1H. The Morgan fingerprint density at radius 3 is 1.94 bits per heavy atom. The van der Waals surface area contributed by atoms with Crippen molar-refractivity contribution in [2.24, 2.45) is 5.73 Å². The molecular weight excluding hydrogens is 300 g/mol. The van der Waals surface area contributed by atoms with Crippen molar-refractivity contribution in [1.82, 2.24) is 4.72 Å². The molecule has 0 bridgehead atoms. The molecule has 1 rings (SSSR count). The average Bonchev–Trinajstić information content (AvgIpc) is 2.24. The van der Waals surface area contributed by atoms with Crippen molar-refractivity contribution in [3.8, 4) is 0 Å². The fraction of sp³-hybridized carbons (Fsp3) is 0.250. The number of hydrogen-bond donors (Lipinski definition) is 2. The fourth-order valence-corrected chi connectivity index (χ4v) is 2.25. The van der Waals surface area contributed by atoms with Gasteiger partial charge in [0.25, 0.3) is 0 Å². The Hall–Kier alpha value is -0.900. The molecular formula is C8H9ClF4N2O2S. The van der Waals surface area contributed by atoms with E-state index in [-0.39, 0.29) is 31.6 Å². The molecule has 1 aromatic rings. The van der Waals surface area contributed by atoms with Crippen LogP contribution in [0.15, 0.2) is 11.0 Å². The third-order valence-corrected chi connectivity index (χ3v) is 3.26. The Balaban J connectivity index is 0.00000289. The zero-order valence-electron chi connectivity index (χ0n) is 8.71. The SMILES string of the molecule is Cl.NCCNS(=O)(=O)c1c(F)c(F)cc(F)c1F. The lowest BCUT2D eigenvalue weighted by Crippen LogP contribution is -2.31. The molecule has 0 fully saturated rings. The number of hydrogen-bond acceptors (Lipinski definition) is 3. The molecule has 0 heterocycles. The van der Waals surface area contributed by atoms with Crippen molar-refractivity contribution in [2.45, 2.75) is 4.90 Å². The molecule has 0 atom stereocenters. The number of rotatable bonds is 4. The smallest absolute Gasteiger partial charge is 0.246 e. The van der Waals surface area contributed by atoms with Crippen molar-refractivity contribution in [3.63, 3.8) is 0 Å². The topological polar surface area (TPSA) is 72.2 Å². The lowest BCUT2D eigenvalue weighted by molar-refractivity contribution is 0.418. The quantitative estimate of drug-likeness (QED) is 0.641. The average molecular weight is 309 g/mol. The molecule has 10 heteroatoms. The van der Waals surface area contributed by atoms with Crippen molar-refractivity contribution >= 4 is 22.4 Å². The van der Waals surface area contributed by atoms with Gasteiger partial charge >= 0.3 is 0 Å². The molecule has 0 aliphatic heterocycles. The van der Waals surface area contributed by atoms with Gasteiger partial charge in [0.05, 0.1) is 0 Å². The van der Waals surface area contributed by atoms with E-state index in [2.05, 4.69) is 0 Å². The van der Waals surface area contributed by atoms with Gasteiger partial charge in [-0.3, -0.25) is 0 Å². The lowest BCUT2D eigenvalue weighted by atomic mass is 10.3. The van der Waals surface area contributed by atoms with Crippen LogP contribution in [0.4, 0.5) is 17.6 Å². The summed E-state index contributed by atoms with van der Waals surface area (Å²) >= 11 is 0. The first-order valence-electron chi connectivity index (χ1n) is 4.34. The van der Waals surface area contributed by atoms with E-state index in [1.54, 1.807) is 4.72 Å². The lowest BCUT2D eigenvalue weighted by Gasteiger charge is -2.08. The second kappa shape index (κ2) is 6.32. The molecule has 0 aromatic heterocycles. The minimum absolute atomic E-state index is 0. The molecule has 0 radical (unpaired) electrons. The van der Waals surface area contributed by atoms with Gasteiger partial charge in [0.15, 0.2) is 28.2 Å². The molecule has 0 spiro atoms. The highest BCUT2D eigenvalue weighted by atomic mass is 35.5. The Morgan fingerprint density at radius 1 is 1.11 bits per heavy atom. The van der Waals surface area contributed by atoms with Crippen LogP contribution >= 0.6 is 12.4 Å². The maximum Gasteiger partial charge on any atom is 0.246 e. The van der Waals surface area contributed by atoms with Crippen LogP contribution < -0.4 is 10.5 Å². The van der Waals surface area contributed by atoms with Crippen LogP contribution in [-0.4, -0.2) is 21.5 Å². The number of nitrogens with two attached hydrogens (primary N) is 1. The first-order valence-corrected chi connectivity index (χ1v) is 5.82. The van der Waals surface area contributed by atoms with Crippen LogP contribution in [0.1, 0.15) is 0 Å². The summed E-state index contributed by atoms with van der Waals surface area (Å²) in [6, 6.07) is -0.0768. The molecule has 18 heavy (non-hydrogen) atoms. The largest absolute Gasteiger partial charge is 0.329 e. The van der Waals surface area contributed by atoms with Gasteiger partial charge in [-0.1, -0.05) is 0 Å². The van der Waals surface area contributed by atoms with Crippen molar-refractivity contribution in [3.05, 3.63) is 29.3 Å². The molecule has 0 aliphatic carbocycles. The number of nitrogens with one attached hydrogen (secondary N) is 1. The highest BCUT2D eigenvalue weighted by Crippen LogP contribution is 2.23. The second-order valence-electron chi connectivity index (χ2n) is 2.98. The minimum Gasteiger partial charge on any atom is -0.329 e. The van der Waals surface area contributed by atoms with Gasteiger partial charge in [0, 0.05) is 19.2 Å². The normalized spacial score (nSPS) is 11.2. The number of benzene rings is 1. The van der Waals surface area contributed by atoms with Crippen LogP contribution in [0.2, 0.25) is 0 Å². The van der Waals surface area contributed by atoms with Gasteiger partial charge in [0.1, 0.15) is 0 Å². The maximum atomic E-state index is 13.1. The van der Waals surface area contributed by atoms with E-state index in [4.69, 9.17) is 5.73 Å². The predicted octanol–water partition coefficient (Wildman–Crippen LogP) is 0.902. The molecule has 0 saturated heterocycles. The van der Waals surface area contributed by atoms with Crippen LogP contribution in [-0.2, 0) is 10.0 Å². The first-order chi connectivity index (χ1) is 7.81. The van der Waals surface area contributed by atoms with Gasteiger partial charge < -0.3 is 5.73 Å². The van der Waals surface area contributed by atoms with Crippen LogP contribution in [0.5, 0.6) is 0 Å². The summed E-state index contributed by atoms with van der Waals surface area (Å²) in [6.45, 7) is -0.459. The van der Waals surface area contributed by atoms with Gasteiger partial charge in [-0.05, 0) is 0 Å². The molecule has 104 valence electrons. The Morgan fingerprint density at radius 2 is 1.56 bits per heavy atom. The molecule has 3 N–H and O–H groups in total. The second-order valence-corrected chi connectivity index (χ2v) is 4.69. The molecule has 0 unspecified atom stereocenters.